The molecule has 5 nitrogen and oxygen atoms in total. The normalized spacial score (nSPS) is 11.9. The molecule has 0 aliphatic rings. The lowest BCUT2D eigenvalue weighted by Gasteiger charge is -2.13. The largest absolute Gasteiger partial charge is 0.479 e. The summed E-state index contributed by atoms with van der Waals surface area (Å²) in [5, 5.41) is 9.28. The molecule has 0 fully saturated rings. The van der Waals surface area contributed by atoms with Gasteiger partial charge < -0.3 is 15.6 Å². The molecule has 3 N–H and O–H groups in total. The van der Waals surface area contributed by atoms with Crippen LogP contribution >= 0.6 is 11.6 Å². The summed E-state index contributed by atoms with van der Waals surface area (Å²) in [5.41, 5.74) is 5.89. The first-order valence-electron chi connectivity index (χ1n) is 5.44. The first-order valence-corrected chi connectivity index (χ1v) is 5.82. The Morgan fingerprint density at radius 2 is 2.17 bits per heavy atom. The number of benzene rings is 1. The van der Waals surface area contributed by atoms with Crippen LogP contribution in [0.2, 0.25) is 5.02 Å². The van der Waals surface area contributed by atoms with E-state index in [2.05, 4.69) is 0 Å². The highest BCUT2D eigenvalue weighted by molar-refractivity contribution is 6.31. The van der Waals surface area contributed by atoms with Gasteiger partial charge in [0, 0.05) is 10.7 Å². The zero-order valence-electron chi connectivity index (χ0n) is 9.85. The number of hydrogen-bond donors (Lipinski definition) is 2. The molecule has 0 saturated heterocycles. The summed E-state index contributed by atoms with van der Waals surface area (Å²) in [6.45, 7) is 1.81. The fourth-order valence-corrected chi connectivity index (χ4v) is 1.59. The van der Waals surface area contributed by atoms with Crippen LogP contribution in [-0.2, 0) is 9.53 Å². The minimum Gasteiger partial charge on any atom is -0.479 e. The van der Waals surface area contributed by atoms with Crippen molar-refractivity contribution in [2.75, 3.05) is 5.73 Å². The molecule has 0 aliphatic carbocycles. The van der Waals surface area contributed by atoms with E-state index in [9.17, 15) is 9.59 Å². The predicted molar refractivity (Wildman–Crippen MR) is 67.6 cm³/mol. The van der Waals surface area contributed by atoms with Crippen LogP contribution in [-0.4, -0.2) is 23.1 Å². The van der Waals surface area contributed by atoms with Crippen LogP contribution < -0.4 is 5.73 Å². The van der Waals surface area contributed by atoms with Gasteiger partial charge in [0.15, 0.2) is 6.10 Å². The molecular weight excluding hydrogens is 258 g/mol. The van der Waals surface area contributed by atoms with Gasteiger partial charge in [-0.25, -0.2) is 9.59 Å². The molecule has 1 rings (SSSR count). The second kappa shape index (κ2) is 6.26. The van der Waals surface area contributed by atoms with Crippen LogP contribution in [0.25, 0.3) is 0 Å². The van der Waals surface area contributed by atoms with E-state index in [0.717, 1.165) is 0 Å². The molecular formula is C12H14ClNO4. The van der Waals surface area contributed by atoms with Gasteiger partial charge in [-0.15, -0.1) is 0 Å². The first kappa shape index (κ1) is 14.3. The van der Waals surface area contributed by atoms with Crippen LogP contribution in [0.3, 0.4) is 0 Å². The Labute approximate surface area is 109 Å². The Hall–Kier alpha value is -1.75. The predicted octanol–water partition coefficient (Wildman–Crippen LogP) is 2.33. The number of carbonyl (C=O) groups is 2. The first-order chi connectivity index (χ1) is 8.45. The van der Waals surface area contributed by atoms with Gasteiger partial charge in [-0.3, -0.25) is 0 Å². The molecule has 0 aliphatic heterocycles. The van der Waals surface area contributed by atoms with E-state index in [1.54, 1.807) is 6.92 Å². The molecule has 0 aromatic heterocycles. The van der Waals surface area contributed by atoms with E-state index < -0.39 is 18.0 Å². The zero-order valence-corrected chi connectivity index (χ0v) is 10.6. The van der Waals surface area contributed by atoms with Crippen molar-refractivity contribution < 1.29 is 19.4 Å². The lowest BCUT2D eigenvalue weighted by Crippen LogP contribution is -2.27. The van der Waals surface area contributed by atoms with Crippen LogP contribution in [0.1, 0.15) is 30.1 Å². The Balaban J connectivity index is 2.83. The molecule has 0 amide bonds. The van der Waals surface area contributed by atoms with Gasteiger partial charge >= 0.3 is 11.9 Å². The number of carboxylic acid groups (broad SMARTS) is 1. The van der Waals surface area contributed by atoms with Gasteiger partial charge in [-0.05, 0) is 24.6 Å². The highest BCUT2D eigenvalue weighted by Gasteiger charge is 2.23. The Kier molecular flexibility index (Phi) is 4.97. The van der Waals surface area contributed by atoms with Gasteiger partial charge in [-0.1, -0.05) is 24.9 Å². The molecule has 6 heteroatoms. The molecule has 0 bridgehead atoms. The second-order valence-electron chi connectivity index (χ2n) is 3.75. The summed E-state index contributed by atoms with van der Waals surface area (Å²) in [6.07, 6.45) is -0.299. The van der Waals surface area contributed by atoms with E-state index in [1.807, 2.05) is 0 Å². The maximum Gasteiger partial charge on any atom is 0.345 e. The number of carbonyl (C=O) groups excluding carboxylic acids is 1. The number of carboxylic acids is 1. The van der Waals surface area contributed by atoms with Crippen molar-refractivity contribution in [2.24, 2.45) is 0 Å². The molecule has 0 radical (unpaired) electrons. The average molecular weight is 272 g/mol. The third-order valence-corrected chi connectivity index (χ3v) is 2.54. The number of rotatable bonds is 5. The van der Waals surface area contributed by atoms with E-state index in [-0.39, 0.29) is 17.7 Å². The molecule has 18 heavy (non-hydrogen) atoms. The fraction of sp³-hybridized carbons (Fsp3) is 0.333. The van der Waals surface area contributed by atoms with Crippen molar-refractivity contribution in [3.05, 3.63) is 28.8 Å². The number of halogens is 1. The van der Waals surface area contributed by atoms with Crippen molar-refractivity contribution in [2.45, 2.75) is 25.9 Å². The standard InChI is InChI=1S/C12H14ClNO4/c1-2-3-10(11(15)16)18-12(17)8-5-4-7(13)6-9(8)14/h4-6,10H,2-3,14H2,1H3,(H,15,16). The van der Waals surface area contributed by atoms with Crippen molar-refractivity contribution >= 4 is 29.2 Å². The minimum absolute atomic E-state index is 0.113. The summed E-state index contributed by atoms with van der Waals surface area (Å²) in [5.74, 6) is -1.93. The summed E-state index contributed by atoms with van der Waals surface area (Å²) < 4.78 is 4.90. The molecule has 0 heterocycles. The van der Waals surface area contributed by atoms with Crippen molar-refractivity contribution in [3.8, 4) is 0 Å². The molecule has 0 spiro atoms. The topological polar surface area (TPSA) is 89.6 Å². The van der Waals surface area contributed by atoms with Crippen LogP contribution in [0.4, 0.5) is 5.69 Å². The van der Waals surface area contributed by atoms with Crippen molar-refractivity contribution in [3.63, 3.8) is 0 Å². The summed E-state index contributed by atoms with van der Waals surface area (Å²) in [7, 11) is 0. The van der Waals surface area contributed by atoms with Gasteiger partial charge in [0.1, 0.15) is 0 Å². The number of esters is 1. The highest BCUT2D eigenvalue weighted by Crippen LogP contribution is 2.19. The zero-order chi connectivity index (χ0) is 13.7. The van der Waals surface area contributed by atoms with Crippen LogP contribution in [0, 0.1) is 0 Å². The number of aliphatic carboxylic acids is 1. The monoisotopic (exact) mass is 271 g/mol. The molecule has 1 aromatic rings. The summed E-state index contributed by atoms with van der Waals surface area (Å²) >= 11 is 5.70. The van der Waals surface area contributed by atoms with Gasteiger partial charge in [0.2, 0.25) is 0 Å². The van der Waals surface area contributed by atoms with E-state index in [1.165, 1.54) is 18.2 Å². The molecule has 1 unspecified atom stereocenters. The SMILES string of the molecule is CCCC(OC(=O)c1ccc(Cl)cc1N)C(=O)O. The number of ether oxygens (including phenoxy) is 1. The molecule has 98 valence electrons. The average Bonchev–Trinajstić information content (AvgIpc) is 2.27. The van der Waals surface area contributed by atoms with Gasteiger partial charge in [-0.2, -0.15) is 0 Å². The number of hydrogen-bond acceptors (Lipinski definition) is 4. The lowest BCUT2D eigenvalue weighted by molar-refractivity contribution is -0.147. The summed E-state index contributed by atoms with van der Waals surface area (Å²) in [6, 6.07) is 4.31. The smallest absolute Gasteiger partial charge is 0.345 e. The maximum atomic E-state index is 11.8. The molecule has 1 aromatic carbocycles. The maximum absolute atomic E-state index is 11.8. The third-order valence-electron chi connectivity index (χ3n) is 2.31. The van der Waals surface area contributed by atoms with Gasteiger partial charge in [0.25, 0.3) is 0 Å². The summed E-state index contributed by atoms with van der Waals surface area (Å²) in [4.78, 5) is 22.6. The lowest BCUT2D eigenvalue weighted by atomic mass is 10.1. The van der Waals surface area contributed by atoms with E-state index >= 15 is 0 Å². The Morgan fingerprint density at radius 3 is 2.67 bits per heavy atom. The minimum atomic E-state index is -1.17. The Morgan fingerprint density at radius 1 is 1.50 bits per heavy atom. The third kappa shape index (κ3) is 3.63. The number of nitrogen functional groups attached to an aromatic ring is 1. The van der Waals surface area contributed by atoms with Crippen molar-refractivity contribution in [1.29, 1.82) is 0 Å². The molecule has 0 saturated carbocycles. The van der Waals surface area contributed by atoms with Crippen LogP contribution in [0.5, 0.6) is 0 Å². The fourth-order valence-electron chi connectivity index (χ4n) is 1.41. The quantitative estimate of drug-likeness (QED) is 0.634. The van der Waals surface area contributed by atoms with Gasteiger partial charge in [0.05, 0.1) is 5.56 Å². The van der Waals surface area contributed by atoms with Crippen LogP contribution in [0.15, 0.2) is 18.2 Å². The second-order valence-corrected chi connectivity index (χ2v) is 4.19. The highest BCUT2D eigenvalue weighted by atomic mass is 35.5. The Bertz CT molecular complexity index is 461. The van der Waals surface area contributed by atoms with Crippen molar-refractivity contribution in [1.82, 2.24) is 0 Å². The van der Waals surface area contributed by atoms with E-state index in [4.69, 9.17) is 27.2 Å². The van der Waals surface area contributed by atoms with E-state index in [0.29, 0.717) is 11.4 Å². The number of nitrogens with two attached hydrogens (primary N) is 1. The number of anilines is 1. The molecule has 1 atom stereocenters.